The molecule has 348 valence electrons. The molecule has 0 aromatic carbocycles. The Hall–Kier alpha value is -3.41. The number of rotatable bonds is 44. The van der Waals surface area contributed by atoms with Gasteiger partial charge in [-0.15, -0.1) is 0 Å². The summed E-state index contributed by atoms with van der Waals surface area (Å²) in [5.74, 6) is -0.935. The van der Waals surface area contributed by atoms with Crippen LogP contribution in [0.2, 0.25) is 0 Å². The monoisotopic (exact) mass is 849 g/mol. The molecule has 0 aliphatic carbocycles. The predicted octanol–water partition coefficient (Wildman–Crippen LogP) is 16.4. The van der Waals surface area contributed by atoms with Crippen molar-refractivity contribution >= 4 is 17.9 Å². The molecule has 0 amide bonds. The normalized spacial score (nSPS) is 12.8. The maximum absolute atomic E-state index is 12.8. The molecule has 0 fully saturated rings. The molecule has 0 spiro atoms. The van der Waals surface area contributed by atoms with Crippen molar-refractivity contribution in [3.63, 3.8) is 0 Å². The Morgan fingerprint density at radius 2 is 0.639 bits per heavy atom. The van der Waals surface area contributed by atoms with E-state index in [-0.39, 0.29) is 31.1 Å². The van der Waals surface area contributed by atoms with E-state index in [4.69, 9.17) is 14.2 Å². The lowest BCUT2D eigenvalue weighted by atomic mass is 10.1. The van der Waals surface area contributed by atoms with Gasteiger partial charge in [0.2, 0.25) is 0 Å². The molecule has 6 nitrogen and oxygen atoms in total. The number of hydrogen-bond acceptors (Lipinski definition) is 6. The second-order valence-electron chi connectivity index (χ2n) is 16.3. The Bertz CT molecular complexity index is 1200. The molecule has 0 bridgehead atoms. The van der Waals surface area contributed by atoms with Crippen LogP contribution in [0, 0.1) is 0 Å². The molecular formula is C55H92O6. The molecule has 0 N–H and O–H groups in total. The maximum atomic E-state index is 12.8. The van der Waals surface area contributed by atoms with Crippen LogP contribution >= 0.6 is 0 Å². The minimum atomic E-state index is -0.793. The van der Waals surface area contributed by atoms with E-state index in [2.05, 4.69) is 106 Å². The van der Waals surface area contributed by atoms with Gasteiger partial charge >= 0.3 is 17.9 Å². The van der Waals surface area contributed by atoms with Crippen molar-refractivity contribution in [3.05, 3.63) is 85.1 Å². The fourth-order valence-corrected chi connectivity index (χ4v) is 6.68. The summed E-state index contributed by atoms with van der Waals surface area (Å²) >= 11 is 0. The van der Waals surface area contributed by atoms with Gasteiger partial charge in [0.15, 0.2) is 6.10 Å². The van der Waals surface area contributed by atoms with Crippen LogP contribution in [0.15, 0.2) is 85.1 Å². The van der Waals surface area contributed by atoms with Gasteiger partial charge in [-0.3, -0.25) is 14.4 Å². The van der Waals surface area contributed by atoms with E-state index in [1.165, 1.54) is 51.4 Å². The average Bonchev–Trinajstić information content (AvgIpc) is 3.26. The standard InChI is InChI=1S/C55H92O6/c1-4-7-10-13-16-19-22-24-26-27-29-30-33-36-39-42-45-48-54(57)60-51-52(50-59-53(56)47-44-41-38-35-32-21-18-15-12-9-6-3)61-55(58)49-46-43-40-37-34-31-28-25-23-20-17-14-11-8-5-2/h7-8,10-11,16-17,19-20,24-26,28-30,52H,4-6,9,12-15,18,21-23,27,31-51H2,1-3H3/b10-7-,11-8-,19-16-,20-17-,26-24-,28-25-,30-29-. The number of unbranched alkanes of at least 4 members (excludes halogenated alkanes) is 19. The Morgan fingerprint density at radius 1 is 0.344 bits per heavy atom. The number of allylic oxidation sites excluding steroid dienone is 14. The fraction of sp³-hybridized carbons (Fsp3) is 0.691. The summed E-state index contributed by atoms with van der Waals surface area (Å²) in [6.07, 6.45) is 62.8. The first kappa shape index (κ1) is 57.6. The van der Waals surface area contributed by atoms with Crippen molar-refractivity contribution in [2.24, 2.45) is 0 Å². The first-order valence-electron chi connectivity index (χ1n) is 25.1. The fourth-order valence-electron chi connectivity index (χ4n) is 6.68. The zero-order valence-electron chi connectivity index (χ0n) is 39.7. The highest BCUT2D eigenvalue weighted by molar-refractivity contribution is 5.71. The summed E-state index contributed by atoms with van der Waals surface area (Å²) in [5.41, 5.74) is 0. The zero-order valence-corrected chi connectivity index (χ0v) is 39.7. The minimum Gasteiger partial charge on any atom is -0.462 e. The summed E-state index contributed by atoms with van der Waals surface area (Å²) in [6, 6.07) is 0. The van der Waals surface area contributed by atoms with Crippen LogP contribution in [-0.2, 0) is 28.6 Å². The first-order valence-corrected chi connectivity index (χ1v) is 25.1. The summed E-state index contributed by atoms with van der Waals surface area (Å²) in [6.45, 7) is 6.36. The molecule has 0 aliphatic rings. The minimum absolute atomic E-state index is 0.0909. The van der Waals surface area contributed by atoms with E-state index in [0.29, 0.717) is 19.3 Å². The van der Waals surface area contributed by atoms with Crippen molar-refractivity contribution in [2.75, 3.05) is 13.2 Å². The number of hydrogen-bond donors (Lipinski definition) is 0. The molecule has 0 aromatic rings. The smallest absolute Gasteiger partial charge is 0.306 e. The van der Waals surface area contributed by atoms with Gasteiger partial charge in [0, 0.05) is 19.3 Å². The molecule has 61 heavy (non-hydrogen) atoms. The van der Waals surface area contributed by atoms with Gasteiger partial charge in [-0.2, -0.15) is 0 Å². The van der Waals surface area contributed by atoms with Gasteiger partial charge < -0.3 is 14.2 Å². The van der Waals surface area contributed by atoms with Crippen molar-refractivity contribution < 1.29 is 28.6 Å². The van der Waals surface area contributed by atoms with Crippen molar-refractivity contribution in [2.45, 2.75) is 232 Å². The Balaban J connectivity index is 4.45. The summed E-state index contributed by atoms with van der Waals surface area (Å²) in [4.78, 5) is 37.9. The van der Waals surface area contributed by atoms with E-state index >= 15 is 0 Å². The van der Waals surface area contributed by atoms with Crippen molar-refractivity contribution in [1.29, 1.82) is 0 Å². The lowest BCUT2D eigenvalue weighted by Crippen LogP contribution is -2.30. The summed E-state index contributed by atoms with van der Waals surface area (Å²) < 4.78 is 16.7. The van der Waals surface area contributed by atoms with Gasteiger partial charge in [0.05, 0.1) is 0 Å². The molecular weight excluding hydrogens is 757 g/mol. The van der Waals surface area contributed by atoms with Crippen molar-refractivity contribution in [3.8, 4) is 0 Å². The van der Waals surface area contributed by atoms with E-state index in [1.807, 2.05) is 0 Å². The lowest BCUT2D eigenvalue weighted by molar-refractivity contribution is -0.167. The second kappa shape index (κ2) is 49.2. The molecule has 1 unspecified atom stereocenters. The molecule has 0 rings (SSSR count). The second-order valence-corrected chi connectivity index (χ2v) is 16.3. The van der Waals surface area contributed by atoms with Crippen LogP contribution in [0.5, 0.6) is 0 Å². The summed E-state index contributed by atoms with van der Waals surface area (Å²) in [7, 11) is 0. The molecule has 0 heterocycles. The highest BCUT2D eigenvalue weighted by Gasteiger charge is 2.19. The zero-order chi connectivity index (χ0) is 44.4. The van der Waals surface area contributed by atoms with Crippen LogP contribution in [-0.4, -0.2) is 37.2 Å². The highest BCUT2D eigenvalue weighted by atomic mass is 16.6. The van der Waals surface area contributed by atoms with E-state index in [9.17, 15) is 14.4 Å². The Kier molecular flexibility index (Phi) is 46.5. The summed E-state index contributed by atoms with van der Waals surface area (Å²) in [5, 5.41) is 0. The maximum Gasteiger partial charge on any atom is 0.306 e. The van der Waals surface area contributed by atoms with Gasteiger partial charge in [0.1, 0.15) is 13.2 Å². The first-order chi connectivity index (χ1) is 30.0. The SMILES string of the molecule is CC/C=C\C/C=C\C/C=C\C/C=C\CCCCCCC(=O)OCC(COC(=O)CCCCCCCCCCCCC)OC(=O)CCCCCCC/C=C\C/C=C\C/C=C\CC. The van der Waals surface area contributed by atoms with Gasteiger partial charge in [0.25, 0.3) is 0 Å². The van der Waals surface area contributed by atoms with Gasteiger partial charge in [-0.05, 0) is 89.9 Å². The third-order valence-corrected chi connectivity index (χ3v) is 10.4. The van der Waals surface area contributed by atoms with Crippen molar-refractivity contribution in [1.82, 2.24) is 0 Å². The molecule has 0 aliphatic heterocycles. The van der Waals surface area contributed by atoms with E-state index in [1.54, 1.807) is 0 Å². The Labute approximate surface area is 375 Å². The van der Waals surface area contributed by atoms with Crippen LogP contribution < -0.4 is 0 Å². The number of carbonyl (C=O) groups is 3. The van der Waals surface area contributed by atoms with Crippen LogP contribution in [0.3, 0.4) is 0 Å². The Morgan fingerprint density at radius 3 is 1.00 bits per heavy atom. The van der Waals surface area contributed by atoms with Crippen LogP contribution in [0.25, 0.3) is 0 Å². The molecule has 6 heteroatoms. The number of ether oxygens (including phenoxy) is 3. The number of esters is 3. The highest BCUT2D eigenvalue weighted by Crippen LogP contribution is 2.14. The van der Waals surface area contributed by atoms with Crippen LogP contribution in [0.4, 0.5) is 0 Å². The molecule has 1 atom stereocenters. The topological polar surface area (TPSA) is 78.9 Å². The average molecular weight is 849 g/mol. The third-order valence-electron chi connectivity index (χ3n) is 10.4. The molecule has 0 saturated carbocycles. The van der Waals surface area contributed by atoms with E-state index < -0.39 is 6.10 Å². The third kappa shape index (κ3) is 47.5. The molecule has 0 radical (unpaired) electrons. The number of carbonyl (C=O) groups excluding carboxylic acids is 3. The quantitative estimate of drug-likeness (QED) is 0.0263. The predicted molar refractivity (Wildman–Crippen MR) is 261 cm³/mol. The van der Waals surface area contributed by atoms with Gasteiger partial charge in [-0.25, -0.2) is 0 Å². The van der Waals surface area contributed by atoms with Crippen LogP contribution in [0.1, 0.15) is 226 Å². The largest absolute Gasteiger partial charge is 0.462 e. The molecule has 0 saturated heterocycles. The van der Waals surface area contributed by atoms with Gasteiger partial charge in [-0.1, -0.05) is 202 Å². The lowest BCUT2D eigenvalue weighted by Gasteiger charge is -2.18. The molecule has 0 aromatic heterocycles. The van der Waals surface area contributed by atoms with E-state index in [0.717, 1.165) is 135 Å².